The number of carbonyl (C=O) groups is 2. The highest BCUT2D eigenvalue weighted by molar-refractivity contribution is 5.94. The molecular formula is C23H21FN4O3. The zero-order valence-corrected chi connectivity index (χ0v) is 16.8. The molecule has 0 unspecified atom stereocenters. The van der Waals surface area contributed by atoms with Gasteiger partial charge in [-0.15, -0.1) is 0 Å². The Bertz CT molecular complexity index is 1080. The first-order chi connectivity index (χ1) is 15.1. The van der Waals surface area contributed by atoms with Gasteiger partial charge in [-0.05, 0) is 37.8 Å². The van der Waals surface area contributed by atoms with Gasteiger partial charge >= 0.3 is 5.97 Å². The highest BCUT2D eigenvalue weighted by Crippen LogP contribution is 2.46. The number of ether oxygens (including phenoxy) is 1. The molecule has 0 bridgehead atoms. The lowest BCUT2D eigenvalue weighted by Crippen LogP contribution is -2.28. The van der Waals surface area contributed by atoms with Crippen molar-refractivity contribution < 1.29 is 18.7 Å². The highest BCUT2D eigenvalue weighted by Gasteiger charge is 2.45. The smallest absolute Gasteiger partial charge is 0.341 e. The molecule has 1 amide bonds. The van der Waals surface area contributed by atoms with Crippen LogP contribution in [0.3, 0.4) is 0 Å². The topological polar surface area (TPSA) is 94.1 Å². The molecule has 5 rings (SSSR count). The standard InChI is InChI=1S/C12H13NO2.C11H8FN3O/c14-11-9-8-13-7-4-10(9)12(15-11)5-2-1-3-6-12;12-10-4-2-1-3-9(10)8-5-13-11(14-6-8)15-7-16/h4,7-8H,1-3,5-6H2;1-7H,(H,13,14,15,16). The summed E-state index contributed by atoms with van der Waals surface area (Å²) >= 11 is 0. The monoisotopic (exact) mass is 420 g/mol. The number of halogens is 1. The van der Waals surface area contributed by atoms with Gasteiger partial charge in [0.15, 0.2) is 0 Å². The Labute approximate surface area is 178 Å². The fourth-order valence-electron chi connectivity index (χ4n) is 4.03. The summed E-state index contributed by atoms with van der Waals surface area (Å²) < 4.78 is 19.0. The fraction of sp³-hybridized carbons (Fsp3) is 0.261. The number of benzene rings is 1. The van der Waals surface area contributed by atoms with Gasteiger partial charge in [0.2, 0.25) is 12.4 Å². The number of fused-ring (bicyclic) bond motifs is 2. The summed E-state index contributed by atoms with van der Waals surface area (Å²) in [4.78, 5) is 33.5. The second-order valence-corrected chi connectivity index (χ2v) is 7.40. The van der Waals surface area contributed by atoms with Crippen molar-refractivity contribution in [2.24, 2.45) is 0 Å². The predicted octanol–water partition coefficient (Wildman–Crippen LogP) is 4.26. The van der Waals surface area contributed by atoms with Crippen LogP contribution in [0.15, 0.2) is 55.1 Å². The first kappa shape index (κ1) is 20.6. The maximum absolute atomic E-state index is 13.4. The number of pyridine rings is 1. The average Bonchev–Trinajstić information content (AvgIpc) is 3.07. The van der Waals surface area contributed by atoms with Gasteiger partial charge < -0.3 is 4.74 Å². The number of nitrogens with one attached hydrogen (secondary N) is 1. The van der Waals surface area contributed by atoms with Crippen LogP contribution in [0.1, 0.15) is 48.0 Å². The van der Waals surface area contributed by atoms with Crippen LogP contribution in [-0.4, -0.2) is 27.3 Å². The van der Waals surface area contributed by atoms with E-state index in [4.69, 9.17) is 4.74 Å². The normalized spacial score (nSPS) is 16.0. The molecule has 1 aliphatic heterocycles. The Kier molecular flexibility index (Phi) is 5.97. The molecule has 158 valence electrons. The summed E-state index contributed by atoms with van der Waals surface area (Å²) in [6.45, 7) is 0. The van der Waals surface area contributed by atoms with E-state index in [-0.39, 0.29) is 23.3 Å². The second-order valence-electron chi connectivity index (χ2n) is 7.40. The van der Waals surface area contributed by atoms with Crippen molar-refractivity contribution in [2.75, 3.05) is 5.32 Å². The molecule has 7 nitrogen and oxygen atoms in total. The molecule has 1 N–H and O–H groups in total. The van der Waals surface area contributed by atoms with Gasteiger partial charge in [0, 0.05) is 41.5 Å². The summed E-state index contributed by atoms with van der Waals surface area (Å²) in [6.07, 6.45) is 12.3. The van der Waals surface area contributed by atoms with Crippen LogP contribution in [0.25, 0.3) is 11.1 Å². The zero-order chi connectivity index (χ0) is 21.7. The summed E-state index contributed by atoms with van der Waals surface area (Å²) in [7, 11) is 0. The molecule has 1 aromatic carbocycles. The van der Waals surface area contributed by atoms with E-state index in [1.54, 1.807) is 30.6 Å². The van der Waals surface area contributed by atoms with Crippen LogP contribution in [0.2, 0.25) is 0 Å². The maximum atomic E-state index is 13.4. The number of esters is 1. The van der Waals surface area contributed by atoms with Crippen molar-refractivity contribution >= 4 is 18.3 Å². The molecule has 3 aromatic rings. The number of aromatic nitrogens is 3. The van der Waals surface area contributed by atoms with Gasteiger partial charge in [-0.25, -0.2) is 19.2 Å². The molecule has 0 radical (unpaired) electrons. The molecule has 1 fully saturated rings. The lowest BCUT2D eigenvalue weighted by atomic mass is 9.80. The molecule has 8 heteroatoms. The number of hydrogen-bond acceptors (Lipinski definition) is 6. The first-order valence-electron chi connectivity index (χ1n) is 10.1. The summed E-state index contributed by atoms with van der Waals surface area (Å²) in [5.41, 5.74) is 2.41. The molecule has 2 aliphatic rings. The maximum Gasteiger partial charge on any atom is 0.341 e. The molecule has 31 heavy (non-hydrogen) atoms. The Morgan fingerprint density at radius 1 is 1.00 bits per heavy atom. The van der Waals surface area contributed by atoms with Crippen LogP contribution < -0.4 is 5.32 Å². The molecular weight excluding hydrogens is 399 g/mol. The van der Waals surface area contributed by atoms with Crippen molar-refractivity contribution in [3.63, 3.8) is 0 Å². The molecule has 2 aromatic heterocycles. The molecule has 1 aliphatic carbocycles. The van der Waals surface area contributed by atoms with Gasteiger partial charge in [-0.1, -0.05) is 24.6 Å². The van der Waals surface area contributed by atoms with Gasteiger partial charge in [0.1, 0.15) is 11.4 Å². The van der Waals surface area contributed by atoms with E-state index in [2.05, 4.69) is 20.3 Å². The van der Waals surface area contributed by atoms with E-state index in [0.717, 1.165) is 31.2 Å². The minimum atomic E-state index is -0.331. The van der Waals surface area contributed by atoms with Crippen molar-refractivity contribution in [3.05, 3.63) is 72.1 Å². The first-order valence-corrected chi connectivity index (χ1v) is 10.1. The summed E-state index contributed by atoms with van der Waals surface area (Å²) in [6, 6.07) is 8.29. The SMILES string of the molecule is O=C1OC2(CCCCC2)c2ccncc21.O=CNc1ncc(-c2ccccc2F)cn1. The Morgan fingerprint density at radius 3 is 2.45 bits per heavy atom. The Morgan fingerprint density at radius 2 is 1.74 bits per heavy atom. The van der Waals surface area contributed by atoms with E-state index in [1.165, 1.54) is 24.9 Å². The third-order valence-corrected chi connectivity index (χ3v) is 5.51. The van der Waals surface area contributed by atoms with E-state index >= 15 is 0 Å². The lowest BCUT2D eigenvalue weighted by Gasteiger charge is -2.32. The van der Waals surface area contributed by atoms with Crippen LogP contribution in [-0.2, 0) is 15.1 Å². The van der Waals surface area contributed by atoms with E-state index in [1.807, 2.05) is 6.07 Å². The van der Waals surface area contributed by atoms with Crippen LogP contribution in [0.4, 0.5) is 10.3 Å². The van der Waals surface area contributed by atoms with E-state index < -0.39 is 0 Å². The van der Waals surface area contributed by atoms with E-state index in [0.29, 0.717) is 23.1 Å². The zero-order valence-electron chi connectivity index (χ0n) is 16.8. The van der Waals surface area contributed by atoms with Crippen molar-refractivity contribution in [1.29, 1.82) is 0 Å². The van der Waals surface area contributed by atoms with Gasteiger partial charge in [0.25, 0.3) is 0 Å². The van der Waals surface area contributed by atoms with Crippen LogP contribution in [0, 0.1) is 5.82 Å². The fourth-order valence-corrected chi connectivity index (χ4v) is 4.03. The number of rotatable bonds is 3. The summed E-state index contributed by atoms with van der Waals surface area (Å²) in [5, 5.41) is 2.30. The largest absolute Gasteiger partial charge is 0.451 e. The lowest BCUT2D eigenvalue weighted by molar-refractivity contribution is -0.105. The summed E-state index contributed by atoms with van der Waals surface area (Å²) in [5.74, 6) is -0.336. The number of hydrogen-bond donors (Lipinski definition) is 1. The number of amides is 1. The Balaban J connectivity index is 0.000000149. The van der Waals surface area contributed by atoms with Gasteiger partial charge in [0.05, 0.1) is 5.56 Å². The number of anilines is 1. The minimum Gasteiger partial charge on any atom is -0.451 e. The van der Waals surface area contributed by atoms with Gasteiger partial charge in [-0.2, -0.15) is 0 Å². The van der Waals surface area contributed by atoms with Gasteiger partial charge in [-0.3, -0.25) is 15.1 Å². The molecule has 1 spiro atoms. The Hall–Kier alpha value is -3.68. The second kappa shape index (κ2) is 8.99. The van der Waals surface area contributed by atoms with Crippen LogP contribution >= 0.6 is 0 Å². The highest BCUT2D eigenvalue weighted by atomic mass is 19.1. The van der Waals surface area contributed by atoms with Crippen LogP contribution in [0.5, 0.6) is 0 Å². The molecule has 1 saturated carbocycles. The average molecular weight is 420 g/mol. The van der Waals surface area contributed by atoms with Crippen molar-refractivity contribution in [3.8, 4) is 11.1 Å². The van der Waals surface area contributed by atoms with E-state index in [9.17, 15) is 14.0 Å². The quantitative estimate of drug-likeness (QED) is 0.503. The van der Waals surface area contributed by atoms with Crippen molar-refractivity contribution in [1.82, 2.24) is 15.0 Å². The molecule has 0 atom stereocenters. The number of nitrogens with zero attached hydrogens (tertiary/aromatic N) is 3. The minimum absolute atomic E-state index is 0.190. The third-order valence-electron chi connectivity index (χ3n) is 5.51. The van der Waals surface area contributed by atoms with Crippen molar-refractivity contribution in [2.45, 2.75) is 37.7 Å². The number of carbonyl (C=O) groups excluding carboxylic acids is 2. The molecule has 0 saturated heterocycles. The molecule has 3 heterocycles. The third kappa shape index (κ3) is 4.28. The predicted molar refractivity (Wildman–Crippen MR) is 112 cm³/mol.